The van der Waals surface area contributed by atoms with Crippen molar-refractivity contribution in [3.63, 3.8) is 0 Å². The van der Waals surface area contributed by atoms with Gasteiger partial charge in [-0.05, 0) is 44.6 Å². The summed E-state index contributed by atoms with van der Waals surface area (Å²) >= 11 is 5.81. The second-order valence-electron chi connectivity index (χ2n) is 3.40. The maximum absolute atomic E-state index is 11.1. The second-order valence-corrected chi connectivity index (χ2v) is 5.54. The lowest BCUT2D eigenvalue weighted by atomic mass is 10.2. The highest BCUT2D eigenvalue weighted by molar-refractivity contribution is 7.93. The Morgan fingerprint density at radius 2 is 1.76 bits per heavy atom. The highest BCUT2D eigenvalue weighted by Gasteiger charge is 2.10. The number of hydrogen-bond donors (Lipinski definition) is 2. The van der Waals surface area contributed by atoms with Crippen molar-refractivity contribution in [3.8, 4) is 0 Å². The molecule has 0 aromatic rings. The van der Waals surface area contributed by atoms with Crippen molar-refractivity contribution in [2.45, 2.75) is 20.8 Å². The maximum Gasteiger partial charge on any atom is 0.234 e. The zero-order chi connectivity index (χ0) is 13.6. The summed E-state index contributed by atoms with van der Waals surface area (Å²) in [5, 5.41) is 5.50. The summed E-state index contributed by atoms with van der Waals surface area (Å²) in [6, 6.07) is 0. The molecule has 96 valence electrons. The molecule has 4 N–H and O–H groups in total. The van der Waals surface area contributed by atoms with Gasteiger partial charge in [-0.25, -0.2) is 13.6 Å². The summed E-state index contributed by atoms with van der Waals surface area (Å²) in [6.07, 6.45) is 6.58. The number of allylic oxidation sites excluding steroid dienone is 7. The van der Waals surface area contributed by atoms with Crippen LogP contribution in [0.25, 0.3) is 0 Å². The van der Waals surface area contributed by atoms with Crippen molar-refractivity contribution in [1.29, 1.82) is 0 Å². The number of sulfonamides is 1. The highest BCUT2D eigenvalue weighted by atomic mass is 35.5. The van der Waals surface area contributed by atoms with Crippen molar-refractivity contribution in [1.82, 2.24) is 0 Å². The van der Waals surface area contributed by atoms with Gasteiger partial charge in [0.15, 0.2) is 0 Å². The number of halogens is 1. The van der Waals surface area contributed by atoms with Crippen molar-refractivity contribution in [2.24, 2.45) is 10.9 Å². The lowest BCUT2D eigenvalue weighted by Gasteiger charge is -2.05. The van der Waals surface area contributed by atoms with Crippen molar-refractivity contribution in [3.05, 3.63) is 45.5 Å². The van der Waals surface area contributed by atoms with Crippen LogP contribution in [0.5, 0.6) is 0 Å². The molecule has 0 spiro atoms. The predicted octanol–water partition coefficient (Wildman–Crippen LogP) is 2.11. The van der Waals surface area contributed by atoms with Crippen LogP contribution in [-0.4, -0.2) is 8.42 Å². The Bertz CT molecular complexity index is 500. The first-order valence-electron chi connectivity index (χ1n) is 4.86. The maximum atomic E-state index is 11.1. The van der Waals surface area contributed by atoms with Crippen LogP contribution >= 0.6 is 11.6 Å². The number of hydrogen-bond acceptors (Lipinski definition) is 3. The van der Waals surface area contributed by atoms with E-state index in [9.17, 15) is 8.42 Å². The van der Waals surface area contributed by atoms with E-state index in [0.29, 0.717) is 16.3 Å². The summed E-state index contributed by atoms with van der Waals surface area (Å²) in [5.74, 6) is 0. The van der Waals surface area contributed by atoms with Crippen LogP contribution in [0.4, 0.5) is 0 Å². The molecule has 0 saturated carbocycles. The molecule has 0 unspecified atom stereocenters. The van der Waals surface area contributed by atoms with E-state index in [1.54, 1.807) is 25.2 Å². The Hall–Kier alpha value is -1.04. The zero-order valence-electron chi connectivity index (χ0n) is 10.1. The van der Waals surface area contributed by atoms with Crippen LogP contribution in [0.2, 0.25) is 0 Å². The first kappa shape index (κ1) is 16.0. The normalized spacial score (nSPS) is 16.3. The zero-order valence-corrected chi connectivity index (χ0v) is 11.6. The average molecular weight is 277 g/mol. The molecule has 0 aliphatic carbocycles. The van der Waals surface area contributed by atoms with Gasteiger partial charge in [0.05, 0.1) is 4.91 Å². The Balaban J connectivity index is 5.28. The van der Waals surface area contributed by atoms with E-state index in [1.807, 2.05) is 6.92 Å². The van der Waals surface area contributed by atoms with E-state index in [1.165, 1.54) is 13.0 Å². The van der Waals surface area contributed by atoms with Crippen LogP contribution in [0.1, 0.15) is 20.8 Å². The lowest BCUT2D eigenvalue weighted by molar-refractivity contribution is 0.603. The Morgan fingerprint density at radius 3 is 2.18 bits per heavy atom. The third-order valence-electron chi connectivity index (χ3n) is 2.14. The minimum atomic E-state index is -3.70. The molecule has 0 aromatic heterocycles. The highest BCUT2D eigenvalue weighted by Crippen LogP contribution is 2.14. The summed E-state index contributed by atoms with van der Waals surface area (Å²) in [4.78, 5) is 0.0433. The van der Waals surface area contributed by atoms with Crippen LogP contribution < -0.4 is 10.9 Å². The van der Waals surface area contributed by atoms with E-state index in [2.05, 4.69) is 0 Å². The smallest absolute Gasteiger partial charge is 0.234 e. The minimum Gasteiger partial charge on any atom is -0.398 e. The Morgan fingerprint density at radius 1 is 1.24 bits per heavy atom. The fourth-order valence-electron chi connectivity index (χ4n) is 0.926. The molecule has 0 saturated heterocycles. The quantitative estimate of drug-likeness (QED) is 0.771. The van der Waals surface area contributed by atoms with Gasteiger partial charge >= 0.3 is 0 Å². The molecular weight excluding hydrogens is 260 g/mol. The van der Waals surface area contributed by atoms with Gasteiger partial charge in [0.2, 0.25) is 10.0 Å². The molecule has 0 heterocycles. The molecule has 0 atom stereocenters. The fraction of sp³-hybridized carbons (Fsp3) is 0.273. The molecule has 0 fully saturated rings. The molecular formula is C11H17ClN2O2S. The first-order chi connectivity index (χ1) is 7.70. The van der Waals surface area contributed by atoms with Gasteiger partial charge in [0, 0.05) is 10.7 Å². The molecule has 0 bridgehead atoms. The van der Waals surface area contributed by atoms with Crippen LogP contribution in [0, 0.1) is 0 Å². The van der Waals surface area contributed by atoms with E-state index >= 15 is 0 Å². The SMILES string of the molecule is C/C=C/C(Cl)=C\C=C(N)\C(C)=C(/C)S(N)(=O)=O. The van der Waals surface area contributed by atoms with Gasteiger partial charge < -0.3 is 5.73 Å². The topological polar surface area (TPSA) is 86.2 Å². The molecule has 0 rings (SSSR count). The van der Waals surface area contributed by atoms with Gasteiger partial charge in [0.25, 0.3) is 0 Å². The standard InChI is InChI=1S/C11H17ClN2O2S/c1-4-5-10(12)6-7-11(13)8(2)9(3)17(14,15)16/h4-7H,13H2,1-3H3,(H2,14,15,16)/b5-4+,9-8+,10-6+,11-7-. The van der Waals surface area contributed by atoms with Gasteiger partial charge in [0.1, 0.15) is 0 Å². The van der Waals surface area contributed by atoms with Crippen molar-refractivity contribution >= 4 is 21.6 Å². The number of rotatable bonds is 4. The first-order valence-corrected chi connectivity index (χ1v) is 6.79. The van der Waals surface area contributed by atoms with Crippen molar-refractivity contribution < 1.29 is 8.42 Å². The molecule has 4 nitrogen and oxygen atoms in total. The van der Waals surface area contributed by atoms with Crippen LogP contribution in [-0.2, 0) is 10.0 Å². The van der Waals surface area contributed by atoms with E-state index in [-0.39, 0.29) is 4.91 Å². The third-order valence-corrected chi connectivity index (χ3v) is 3.55. The molecule has 0 radical (unpaired) electrons. The molecule has 0 aliphatic heterocycles. The summed E-state index contributed by atoms with van der Waals surface area (Å²) in [5.41, 5.74) is 6.43. The van der Waals surface area contributed by atoms with E-state index in [0.717, 1.165) is 0 Å². The largest absolute Gasteiger partial charge is 0.398 e. The van der Waals surface area contributed by atoms with Gasteiger partial charge in [-0.15, -0.1) is 0 Å². The predicted molar refractivity (Wildman–Crippen MR) is 72.5 cm³/mol. The molecule has 0 aliphatic rings. The van der Waals surface area contributed by atoms with E-state index < -0.39 is 10.0 Å². The second kappa shape index (κ2) is 6.64. The molecule has 0 amide bonds. The summed E-state index contributed by atoms with van der Waals surface area (Å²) < 4.78 is 22.2. The van der Waals surface area contributed by atoms with Gasteiger partial charge in [-0.3, -0.25) is 0 Å². The monoisotopic (exact) mass is 276 g/mol. The number of primary sulfonamides is 1. The molecule has 6 heteroatoms. The van der Waals surface area contributed by atoms with Crippen molar-refractivity contribution in [2.75, 3.05) is 0 Å². The Labute approximate surface area is 107 Å². The lowest BCUT2D eigenvalue weighted by Crippen LogP contribution is -2.15. The van der Waals surface area contributed by atoms with E-state index in [4.69, 9.17) is 22.5 Å². The fourth-order valence-corrected chi connectivity index (χ4v) is 1.66. The molecule has 0 aromatic carbocycles. The number of nitrogens with two attached hydrogens (primary N) is 2. The summed E-state index contributed by atoms with van der Waals surface area (Å²) in [7, 11) is -3.70. The van der Waals surface area contributed by atoms with Gasteiger partial charge in [-0.2, -0.15) is 0 Å². The van der Waals surface area contributed by atoms with Crippen LogP contribution in [0.15, 0.2) is 45.5 Å². The minimum absolute atomic E-state index is 0.0433. The summed E-state index contributed by atoms with van der Waals surface area (Å²) in [6.45, 7) is 4.82. The third kappa shape index (κ3) is 5.72. The van der Waals surface area contributed by atoms with Crippen LogP contribution in [0.3, 0.4) is 0 Å². The van der Waals surface area contributed by atoms with Gasteiger partial charge in [-0.1, -0.05) is 17.7 Å². The molecule has 17 heavy (non-hydrogen) atoms. The average Bonchev–Trinajstić information content (AvgIpc) is 2.23. The Kier molecular flexibility index (Phi) is 6.23.